The minimum absolute atomic E-state index is 0.378. The van der Waals surface area contributed by atoms with Crippen LogP contribution in [0.5, 0.6) is 0 Å². The van der Waals surface area contributed by atoms with E-state index in [4.69, 9.17) is 0 Å². The lowest BCUT2D eigenvalue weighted by Crippen LogP contribution is -2.34. The Bertz CT molecular complexity index is 536. The lowest BCUT2D eigenvalue weighted by molar-refractivity contribution is 0.213. The van der Waals surface area contributed by atoms with Crippen LogP contribution in [-0.2, 0) is 0 Å². The Balaban J connectivity index is 1.73. The summed E-state index contributed by atoms with van der Waals surface area (Å²) < 4.78 is 0. The van der Waals surface area contributed by atoms with E-state index in [2.05, 4.69) is 50.5 Å². The molecule has 0 bridgehead atoms. The van der Waals surface area contributed by atoms with Crippen molar-refractivity contribution in [3.05, 3.63) is 54.4 Å². The summed E-state index contributed by atoms with van der Waals surface area (Å²) in [5.41, 5.74) is 1.37. The van der Waals surface area contributed by atoms with E-state index in [9.17, 15) is 0 Å². The van der Waals surface area contributed by atoms with Crippen molar-refractivity contribution in [2.24, 2.45) is 0 Å². The molecule has 0 saturated carbocycles. The summed E-state index contributed by atoms with van der Waals surface area (Å²) in [5.74, 6) is 0.707. The second-order valence-corrected chi connectivity index (χ2v) is 5.83. The van der Waals surface area contributed by atoms with E-state index >= 15 is 0 Å². The fraction of sp³-hybridized carbons (Fsp3) is 0.444. The van der Waals surface area contributed by atoms with Crippen molar-refractivity contribution in [3.63, 3.8) is 0 Å². The van der Waals surface area contributed by atoms with Gasteiger partial charge in [0.15, 0.2) is 0 Å². The number of nitrogens with zero attached hydrogens (tertiary/aromatic N) is 3. The van der Waals surface area contributed by atoms with Crippen molar-refractivity contribution in [1.29, 1.82) is 0 Å². The molecule has 1 saturated heterocycles. The van der Waals surface area contributed by atoms with Crippen LogP contribution in [0.3, 0.4) is 0 Å². The predicted molar refractivity (Wildman–Crippen MR) is 89.7 cm³/mol. The van der Waals surface area contributed by atoms with Crippen LogP contribution in [-0.4, -0.2) is 34.5 Å². The summed E-state index contributed by atoms with van der Waals surface area (Å²) >= 11 is 0. The average Bonchev–Trinajstić information content (AvgIpc) is 2.86. The molecule has 0 unspecified atom stereocenters. The summed E-state index contributed by atoms with van der Waals surface area (Å²) in [6.45, 7) is 3.20. The maximum Gasteiger partial charge on any atom is 0.222 e. The fourth-order valence-electron chi connectivity index (χ4n) is 3.12. The van der Waals surface area contributed by atoms with Crippen molar-refractivity contribution in [3.8, 4) is 0 Å². The van der Waals surface area contributed by atoms with Gasteiger partial charge in [0.05, 0.1) is 6.04 Å². The summed E-state index contributed by atoms with van der Waals surface area (Å²) in [6, 6.07) is 13.0. The van der Waals surface area contributed by atoms with Crippen LogP contribution in [0.4, 0.5) is 5.95 Å². The first-order valence-corrected chi connectivity index (χ1v) is 8.23. The van der Waals surface area contributed by atoms with Gasteiger partial charge in [-0.3, -0.25) is 4.90 Å². The van der Waals surface area contributed by atoms with Crippen LogP contribution < -0.4 is 5.32 Å². The van der Waals surface area contributed by atoms with Crippen LogP contribution in [0.1, 0.15) is 37.3 Å². The van der Waals surface area contributed by atoms with Crippen LogP contribution in [0.2, 0.25) is 0 Å². The highest BCUT2D eigenvalue weighted by Gasteiger charge is 2.21. The molecule has 1 N–H and O–H groups in total. The van der Waals surface area contributed by atoms with E-state index in [-0.39, 0.29) is 0 Å². The zero-order valence-corrected chi connectivity index (χ0v) is 13.0. The molecule has 4 nitrogen and oxygen atoms in total. The number of benzene rings is 1. The van der Waals surface area contributed by atoms with Gasteiger partial charge in [0.2, 0.25) is 5.95 Å². The Hall–Kier alpha value is -1.94. The molecule has 1 atom stereocenters. The molecule has 0 amide bonds. The van der Waals surface area contributed by atoms with Gasteiger partial charge < -0.3 is 5.32 Å². The standard InChI is InChI=1S/C18H24N4/c1-2-7-14-22(13-6-1)17(16-9-4-3-5-10-16)15-21-18-19-11-8-12-20-18/h3-5,8-12,17H,1-2,6-7,13-15H2,(H,19,20,21)/t17-/m0/s1. The lowest BCUT2D eigenvalue weighted by Gasteiger charge is -2.31. The van der Waals surface area contributed by atoms with E-state index in [0.29, 0.717) is 12.0 Å². The van der Waals surface area contributed by atoms with Gasteiger partial charge in [0, 0.05) is 18.9 Å². The van der Waals surface area contributed by atoms with E-state index < -0.39 is 0 Å². The maximum absolute atomic E-state index is 4.27. The zero-order chi connectivity index (χ0) is 15.0. The van der Waals surface area contributed by atoms with Crippen molar-refractivity contribution >= 4 is 5.95 Å². The molecule has 1 aliphatic heterocycles. The number of nitrogens with one attached hydrogen (secondary N) is 1. The Morgan fingerprint density at radius 1 is 0.909 bits per heavy atom. The summed E-state index contributed by atoms with van der Waals surface area (Å²) in [5, 5.41) is 3.40. The van der Waals surface area contributed by atoms with Gasteiger partial charge in [-0.05, 0) is 37.6 Å². The van der Waals surface area contributed by atoms with Gasteiger partial charge in [0.25, 0.3) is 0 Å². The Morgan fingerprint density at radius 2 is 1.59 bits per heavy atom. The second-order valence-electron chi connectivity index (χ2n) is 5.83. The molecule has 4 heteroatoms. The molecule has 3 rings (SSSR count). The number of anilines is 1. The first-order chi connectivity index (χ1) is 10.9. The number of aromatic nitrogens is 2. The third-order valence-corrected chi connectivity index (χ3v) is 4.29. The molecule has 0 radical (unpaired) electrons. The number of hydrogen-bond acceptors (Lipinski definition) is 4. The molecular formula is C18H24N4. The Morgan fingerprint density at radius 3 is 2.27 bits per heavy atom. The normalized spacial score (nSPS) is 17.6. The van der Waals surface area contributed by atoms with Gasteiger partial charge in [-0.1, -0.05) is 43.2 Å². The SMILES string of the molecule is c1ccc([C@H](CNc2ncccn2)N2CCCCCC2)cc1. The first kappa shape index (κ1) is 15.0. The van der Waals surface area contributed by atoms with Crippen molar-refractivity contribution in [2.45, 2.75) is 31.7 Å². The van der Waals surface area contributed by atoms with Crippen LogP contribution in [0.15, 0.2) is 48.8 Å². The quantitative estimate of drug-likeness (QED) is 0.917. The van der Waals surface area contributed by atoms with E-state index in [1.807, 2.05) is 6.07 Å². The zero-order valence-electron chi connectivity index (χ0n) is 13.0. The highest BCUT2D eigenvalue weighted by Crippen LogP contribution is 2.24. The highest BCUT2D eigenvalue weighted by molar-refractivity contribution is 5.26. The monoisotopic (exact) mass is 296 g/mol. The largest absolute Gasteiger partial charge is 0.352 e. The molecule has 1 aliphatic rings. The summed E-state index contributed by atoms with van der Waals surface area (Å²) in [4.78, 5) is 11.1. The fourth-order valence-corrected chi connectivity index (χ4v) is 3.12. The maximum atomic E-state index is 4.27. The lowest BCUT2D eigenvalue weighted by atomic mass is 10.0. The number of hydrogen-bond donors (Lipinski definition) is 1. The molecule has 116 valence electrons. The molecular weight excluding hydrogens is 272 g/mol. The molecule has 0 aliphatic carbocycles. The molecule has 1 aromatic heterocycles. The molecule has 2 aromatic rings. The van der Waals surface area contributed by atoms with E-state index in [1.165, 1.54) is 44.3 Å². The molecule has 2 heterocycles. The Kier molecular flexibility index (Phi) is 5.37. The minimum atomic E-state index is 0.378. The molecule has 22 heavy (non-hydrogen) atoms. The van der Waals surface area contributed by atoms with Crippen LogP contribution in [0.25, 0.3) is 0 Å². The smallest absolute Gasteiger partial charge is 0.222 e. The number of likely N-dealkylation sites (tertiary alicyclic amines) is 1. The van der Waals surface area contributed by atoms with Gasteiger partial charge in [-0.2, -0.15) is 0 Å². The van der Waals surface area contributed by atoms with Crippen molar-refractivity contribution in [2.75, 3.05) is 25.0 Å². The second kappa shape index (κ2) is 7.90. The van der Waals surface area contributed by atoms with Gasteiger partial charge in [0.1, 0.15) is 0 Å². The topological polar surface area (TPSA) is 41.1 Å². The molecule has 0 spiro atoms. The average molecular weight is 296 g/mol. The van der Waals surface area contributed by atoms with E-state index in [1.54, 1.807) is 12.4 Å². The number of rotatable bonds is 5. The first-order valence-electron chi connectivity index (χ1n) is 8.23. The van der Waals surface area contributed by atoms with Crippen molar-refractivity contribution < 1.29 is 0 Å². The Labute approximate surface area is 132 Å². The van der Waals surface area contributed by atoms with Gasteiger partial charge in [-0.25, -0.2) is 9.97 Å². The minimum Gasteiger partial charge on any atom is -0.352 e. The van der Waals surface area contributed by atoms with Gasteiger partial charge in [-0.15, -0.1) is 0 Å². The van der Waals surface area contributed by atoms with Crippen LogP contribution in [0, 0.1) is 0 Å². The predicted octanol–water partition coefficient (Wildman–Crippen LogP) is 3.51. The molecule has 1 fully saturated rings. The van der Waals surface area contributed by atoms with E-state index in [0.717, 1.165) is 6.54 Å². The summed E-state index contributed by atoms with van der Waals surface area (Å²) in [6.07, 6.45) is 8.86. The summed E-state index contributed by atoms with van der Waals surface area (Å²) in [7, 11) is 0. The van der Waals surface area contributed by atoms with Gasteiger partial charge >= 0.3 is 0 Å². The molecule has 1 aromatic carbocycles. The highest BCUT2D eigenvalue weighted by atomic mass is 15.2. The third-order valence-electron chi connectivity index (χ3n) is 4.29. The van der Waals surface area contributed by atoms with Crippen molar-refractivity contribution in [1.82, 2.24) is 14.9 Å². The van der Waals surface area contributed by atoms with Crippen LogP contribution >= 0.6 is 0 Å². The third kappa shape index (κ3) is 4.04.